The number of nitrogens with zero attached hydrogens (tertiary/aromatic N) is 1. The minimum Gasteiger partial charge on any atom is -0.380 e. The number of rotatable bonds is 4. The molecule has 6 heteroatoms. The number of hydrogen-bond donors (Lipinski definition) is 1. The maximum absolute atomic E-state index is 12.4. The second-order valence-corrected chi connectivity index (χ2v) is 4.00. The molecule has 2 unspecified atom stereocenters. The normalized spacial score (nSPS) is 27.4. The molecule has 1 heterocycles. The number of alkyl halides is 3. The van der Waals surface area contributed by atoms with Gasteiger partial charge in [0.15, 0.2) is 0 Å². The average Bonchev–Trinajstić information content (AvgIpc) is 2.24. The number of hydrogen-bond acceptors (Lipinski definition) is 3. The van der Waals surface area contributed by atoms with E-state index < -0.39 is 12.7 Å². The monoisotopic (exact) mass is 240 g/mol. The van der Waals surface area contributed by atoms with Crippen molar-refractivity contribution < 1.29 is 17.9 Å². The molecule has 0 aromatic rings. The van der Waals surface area contributed by atoms with Gasteiger partial charge in [-0.15, -0.1) is 0 Å². The standard InChI is InChI=1S/C10H19F3N2O/c1-3-15(7-10(11,12)13)9-6-16-5-4-8(9)14-2/h8-9,14H,3-7H2,1-2H3. The molecule has 0 aliphatic carbocycles. The molecule has 1 N–H and O–H groups in total. The van der Waals surface area contributed by atoms with E-state index in [0.29, 0.717) is 19.8 Å². The first-order valence-corrected chi connectivity index (χ1v) is 5.53. The van der Waals surface area contributed by atoms with Crippen molar-refractivity contribution in [3.8, 4) is 0 Å². The molecule has 16 heavy (non-hydrogen) atoms. The summed E-state index contributed by atoms with van der Waals surface area (Å²) in [5.41, 5.74) is 0. The topological polar surface area (TPSA) is 24.5 Å². The minimum atomic E-state index is -4.15. The number of ether oxygens (including phenoxy) is 1. The van der Waals surface area contributed by atoms with Gasteiger partial charge < -0.3 is 10.1 Å². The summed E-state index contributed by atoms with van der Waals surface area (Å²) in [6.45, 7) is 2.25. The van der Waals surface area contributed by atoms with Gasteiger partial charge in [0.1, 0.15) is 0 Å². The van der Waals surface area contributed by atoms with E-state index in [1.54, 1.807) is 14.0 Å². The molecule has 96 valence electrons. The van der Waals surface area contributed by atoms with Crippen LogP contribution in [-0.4, -0.2) is 56.5 Å². The van der Waals surface area contributed by atoms with E-state index >= 15 is 0 Å². The molecule has 0 radical (unpaired) electrons. The fraction of sp³-hybridized carbons (Fsp3) is 1.00. The SMILES string of the molecule is CCN(CC(F)(F)F)C1COCCC1NC. The summed E-state index contributed by atoms with van der Waals surface area (Å²) < 4.78 is 42.4. The summed E-state index contributed by atoms with van der Waals surface area (Å²) in [6.07, 6.45) is -3.39. The molecule has 0 aromatic carbocycles. The molecule has 1 fully saturated rings. The van der Waals surface area contributed by atoms with Crippen LogP contribution in [0.3, 0.4) is 0 Å². The van der Waals surface area contributed by atoms with E-state index in [0.717, 1.165) is 6.42 Å². The summed E-state index contributed by atoms with van der Waals surface area (Å²) >= 11 is 0. The van der Waals surface area contributed by atoms with Crippen LogP contribution in [0, 0.1) is 0 Å². The van der Waals surface area contributed by atoms with Crippen LogP contribution in [0.4, 0.5) is 13.2 Å². The predicted octanol–water partition coefficient (Wildman–Crippen LogP) is 1.25. The van der Waals surface area contributed by atoms with Crippen molar-refractivity contribution in [2.45, 2.75) is 31.6 Å². The Hall–Kier alpha value is -0.330. The van der Waals surface area contributed by atoms with E-state index in [1.165, 1.54) is 4.90 Å². The van der Waals surface area contributed by atoms with Crippen LogP contribution >= 0.6 is 0 Å². The maximum atomic E-state index is 12.4. The van der Waals surface area contributed by atoms with Crippen LogP contribution in [0.2, 0.25) is 0 Å². The van der Waals surface area contributed by atoms with E-state index in [1.807, 2.05) is 0 Å². The van der Waals surface area contributed by atoms with Gasteiger partial charge in [-0.05, 0) is 20.0 Å². The fourth-order valence-corrected chi connectivity index (χ4v) is 2.11. The van der Waals surface area contributed by atoms with Gasteiger partial charge in [-0.3, -0.25) is 4.90 Å². The summed E-state index contributed by atoms with van der Waals surface area (Å²) in [5.74, 6) is 0. The molecular formula is C10H19F3N2O. The van der Waals surface area contributed by atoms with Gasteiger partial charge in [0.05, 0.1) is 13.2 Å². The highest BCUT2D eigenvalue weighted by molar-refractivity contribution is 4.87. The van der Waals surface area contributed by atoms with Gasteiger partial charge in [0.2, 0.25) is 0 Å². The molecule has 0 bridgehead atoms. The molecule has 3 nitrogen and oxygen atoms in total. The van der Waals surface area contributed by atoms with Gasteiger partial charge in [0.25, 0.3) is 0 Å². The zero-order chi connectivity index (χ0) is 12.2. The largest absolute Gasteiger partial charge is 0.401 e. The minimum absolute atomic E-state index is 0.0797. The van der Waals surface area contributed by atoms with Crippen molar-refractivity contribution in [1.29, 1.82) is 0 Å². The van der Waals surface area contributed by atoms with Gasteiger partial charge in [0, 0.05) is 18.7 Å². The van der Waals surface area contributed by atoms with E-state index in [9.17, 15) is 13.2 Å². The molecule has 2 atom stereocenters. The van der Waals surface area contributed by atoms with E-state index in [-0.39, 0.29) is 12.1 Å². The van der Waals surface area contributed by atoms with Crippen molar-refractivity contribution >= 4 is 0 Å². The predicted molar refractivity (Wildman–Crippen MR) is 55.4 cm³/mol. The quantitative estimate of drug-likeness (QED) is 0.800. The Bertz CT molecular complexity index is 211. The van der Waals surface area contributed by atoms with Crippen molar-refractivity contribution in [1.82, 2.24) is 10.2 Å². The van der Waals surface area contributed by atoms with Crippen LogP contribution in [-0.2, 0) is 4.74 Å². The molecular weight excluding hydrogens is 221 g/mol. The molecule has 0 spiro atoms. The Labute approximate surface area is 93.9 Å². The van der Waals surface area contributed by atoms with Crippen LogP contribution < -0.4 is 5.32 Å². The highest BCUT2D eigenvalue weighted by atomic mass is 19.4. The first kappa shape index (κ1) is 13.7. The van der Waals surface area contributed by atoms with Crippen molar-refractivity contribution in [3.63, 3.8) is 0 Å². The fourth-order valence-electron chi connectivity index (χ4n) is 2.11. The lowest BCUT2D eigenvalue weighted by Crippen LogP contribution is -2.56. The number of halogens is 3. The molecule has 0 aromatic heterocycles. The molecule has 1 saturated heterocycles. The third kappa shape index (κ3) is 3.92. The van der Waals surface area contributed by atoms with Crippen LogP contribution in [0.1, 0.15) is 13.3 Å². The van der Waals surface area contributed by atoms with Gasteiger partial charge in [-0.2, -0.15) is 13.2 Å². The second-order valence-electron chi connectivity index (χ2n) is 4.00. The smallest absolute Gasteiger partial charge is 0.380 e. The van der Waals surface area contributed by atoms with Crippen LogP contribution in [0.5, 0.6) is 0 Å². The molecule has 0 saturated carbocycles. The zero-order valence-corrected chi connectivity index (χ0v) is 9.68. The lowest BCUT2D eigenvalue weighted by Gasteiger charge is -2.39. The lowest BCUT2D eigenvalue weighted by atomic mass is 10.0. The van der Waals surface area contributed by atoms with Crippen molar-refractivity contribution in [2.75, 3.05) is 33.4 Å². The van der Waals surface area contributed by atoms with Gasteiger partial charge >= 0.3 is 6.18 Å². The van der Waals surface area contributed by atoms with E-state index in [2.05, 4.69) is 5.32 Å². The maximum Gasteiger partial charge on any atom is 0.401 e. The van der Waals surface area contributed by atoms with Crippen LogP contribution in [0.25, 0.3) is 0 Å². The Kier molecular flexibility index (Phi) is 5.01. The average molecular weight is 240 g/mol. The summed E-state index contributed by atoms with van der Waals surface area (Å²) in [5, 5.41) is 3.07. The summed E-state index contributed by atoms with van der Waals surface area (Å²) in [4.78, 5) is 1.43. The molecule has 1 rings (SSSR count). The Morgan fingerprint density at radius 2 is 2.12 bits per heavy atom. The number of likely N-dealkylation sites (N-methyl/N-ethyl adjacent to an activating group) is 2. The Balaban J connectivity index is 2.62. The first-order valence-electron chi connectivity index (χ1n) is 5.53. The van der Waals surface area contributed by atoms with Gasteiger partial charge in [-0.1, -0.05) is 6.92 Å². The highest BCUT2D eigenvalue weighted by Crippen LogP contribution is 2.21. The third-order valence-corrected chi connectivity index (χ3v) is 2.95. The number of nitrogens with one attached hydrogen (secondary N) is 1. The Morgan fingerprint density at radius 1 is 1.44 bits per heavy atom. The summed E-state index contributed by atoms with van der Waals surface area (Å²) in [6, 6.07) is -0.110. The van der Waals surface area contributed by atoms with Crippen molar-refractivity contribution in [3.05, 3.63) is 0 Å². The second kappa shape index (κ2) is 5.84. The third-order valence-electron chi connectivity index (χ3n) is 2.95. The van der Waals surface area contributed by atoms with Crippen LogP contribution in [0.15, 0.2) is 0 Å². The molecule has 1 aliphatic heterocycles. The van der Waals surface area contributed by atoms with Crippen molar-refractivity contribution in [2.24, 2.45) is 0 Å². The lowest BCUT2D eigenvalue weighted by molar-refractivity contribution is -0.157. The zero-order valence-electron chi connectivity index (χ0n) is 9.68. The van der Waals surface area contributed by atoms with Gasteiger partial charge in [-0.25, -0.2) is 0 Å². The molecule has 1 aliphatic rings. The highest BCUT2D eigenvalue weighted by Gasteiger charge is 2.36. The van der Waals surface area contributed by atoms with E-state index in [4.69, 9.17) is 4.74 Å². The summed E-state index contributed by atoms with van der Waals surface area (Å²) in [7, 11) is 1.78. The molecule has 0 amide bonds. The first-order chi connectivity index (χ1) is 7.48. The Morgan fingerprint density at radius 3 is 2.62 bits per heavy atom.